The minimum atomic E-state index is -3.34. The molecule has 0 aliphatic heterocycles. The fourth-order valence-corrected chi connectivity index (χ4v) is 3.70. The van der Waals surface area contributed by atoms with Crippen LogP contribution in [0.3, 0.4) is 0 Å². The number of sulfonamides is 1. The summed E-state index contributed by atoms with van der Waals surface area (Å²) in [5, 5.41) is 6.29. The Kier molecular flexibility index (Phi) is 13.7. The van der Waals surface area contributed by atoms with Crippen molar-refractivity contribution in [2.24, 2.45) is 4.99 Å². The van der Waals surface area contributed by atoms with Gasteiger partial charge in [0.1, 0.15) is 0 Å². The van der Waals surface area contributed by atoms with Crippen molar-refractivity contribution >= 4 is 40.0 Å². The molecule has 0 aliphatic carbocycles. The normalized spacial score (nSPS) is 12.4. The highest BCUT2D eigenvalue weighted by Crippen LogP contribution is 2.03. The Balaban J connectivity index is 0.00000729. The molecule has 0 spiro atoms. The van der Waals surface area contributed by atoms with Crippen molar-refractivity contribution in [2.45, 2.75) is 46.3 Å². The number of aliphatic imine (C=N–C) groups is 1. The molecule has 0 amide bonds. The molecule has 0 saturated carbocycles. The minimum Gasteiger partial charge on any atom is -0.355 e. The van der Waals surface area contributed by atoms with Crippen molar-refractivity contribution in [1.82, 2.24) is 20.3 Å². The maximum absolute atomic E-state index is 12.1. The number of halogens is 1. The average Bonchev–Trinajstić information content (AvgIpc) is 2.62. The van der Waals surface area contributed by atoms with Gasteiger partial charge < -0.3 is 10.6 Å². The van der Waals surface area contributed by atoms with Gasteiger partial charge >= 0.3 is 0 Å². The van der Waals surface area contributed by atoms with Crippen LogP contribution in [0.15, 0.2) is 35.3 Å². The van der Waals surface area contributed by atoms with Crippen LogP contribution in [0.2, 0.25) is 0 Å². The lowest BCUT2D eigenvalue weighted by atomic mass is 10.2. The summed E-state index contributed by atoms with van der Waals surface area (Å²) in [6.07, 6.45) is 0. The van der Waals surface area contributed by atoms with Gasteiger partial charge in [-0.1, -0.05) is 30.3 Å². The number of benzene rings is 1. The summed E-state index contributed by atoms with van der Waals surface area (Å²) in [4.78, 5) is 6.54. The first-order valence-corrected chi connectivity index (χ1v) is 11.1. The van der Waals surface area contributed by atoms with Crippen LogP contribution in [0.25, 0.3) is 0 Å². The quantitative estimate of drug-likeness (QED) is 0.234. The first kappa shape index (κ1) is 27.1. The molecule has 3 N–H and O–H groups in total. The fourth-order valence-electron chi connectivity index (χ4n) is 2.80. The molecule has 162 valence electrons. The van der Waals surface area contributed by atoms with Gasteiger partial charge in [-0.2, -0.15) is 0 Å². The van der Waals surface area contributed by atoms with E-state index in [2.05, 4.69) is 52.9 Å². The SMILES string of the molecule is CN=C(NCCN(C(C)C)C(C)C)NCCS(=O)(=O)NCc1ccccc1.I. The van der Waals surface area contributed by atoms with Gasteiger partial charge in [0.05, 0.1) is 5.75 Å². The number of hydrogen-bond acceptors (Lipinski definition) is 4. The number of nitrogens with one attached hydrogen (secondary N) is 3. The maximum atomic E-state index is 12.1. The van der Waals surface area contributed by atoms with Gasteiger partial charge in [-0.15, -0.1) is 24.0 Å². The molecule has 9 heteroatoms. The van der Waals surface area contributed by atoms with E-state index >= 15 is 0 Å². The Morgan fingerprint density at radius 1 is 1.04 bits per heavy atom. The van der Waals surface area contributed by atoms with Gasteiger partial charge in [0, 0.05) is 45.3 Å². The highest BCUT2D eigenvalue weighted by atomic mass is 127. The lowest BCUT2D eigenvalue weighted by Gasteiger charge is -2.30. The molecule has 0 aromatic heterocycles. The molecule has 0 atom stereocenters. The van der Waals surface area contributed by atoms with Crippen molar-refractivity contribution < 1.29 is 8.42 Å². The molecular weight excluding hydrogens is 489 g/mol. The predicted molar refractivity (Wildman–Crippen MR) is 129 cm³/mol. The van der Waals surface area contributed by atoms with E-state index in [0.717, 1.165) is 18.7 Å². The van der Waals surface area contributed by atoms with E-state index in [1.807, 2.05) is 30.3 Å². The van der Waals surface area contributed by atoms with Crippen LogP contribution in [-0.2, 0) is 16.6 Å². The van der Waals surface area contributed by atoms with Crippen LogP contribution in [0.4, 0.5) is 0 Å². The molecule has 0 heterocycles. The van der Waals surface area contributed by atoms with E-state index in [-0.39, 0.29) is 29.7 Å². The van der Waals surface area contributed by atoms with Gasteiger partial charge in [0.25, 0.3) is 0 Å². The summed E-state index contributed by atoms with van der Waals surface area (Å²) in [6.45, 7) is 11.0. The van der Waals surface area contributed by atoms with Crippen molar-refractivity contribution in [3.63, 3.8) is 0 Å². The fraction of sp³-hybridized carbons (Fsp3) is 0.632. The van der Waals surface area contributed by atoms with Crippen LogP contribution in [0.5, 0.6) is 0 Å². The second-order valence-corrected chi connectivity index (χ2v) is 8.90. The lowest BCUT2D eigenvalue weighted by Crippen LogP contribution is -2.46. The van der Waals surface area contributed by atoms with Gasteiger partial charge in [-0.3, -0.25) is 9.89 Å². The maximum Gasteiger partial charge on any atom is 0.213 e. The summed E-state index contributed by atoms with van der Waals surface area (Å²) in [7, 11) is -1.66. The van der Waals surface area contributed by atoms with Gasteiger partial charge in [0.15, 0.2) is 5.96 Å². The summed E-state index contributed by atoms with van der Waals surface area (Å²) in [6, 6.07) is 10.4. The van der Waals surface area contributed by atoms with Crippen LogP contribution in [0, 0.1) is 0 Å². The first-order valence-electron chi connectivity index (χ1n) is 9.46. The molecule has 1 aromatic rings. The van der Waals surface area contributed by atoms with E-state index < -0.39 is 10.0 Å². The molecule has 7 nitrogen and oxygen atoms in total. The van der Waals surface area contributed by atoms with E-state index in [4.69, 9.17) is 0 Å². The van der Waals surface area contributed by atoms with Crippen molar-refractivity contribution in [3.05, 3.63) is 35.9 Å². The zero-order chi connectivity index (χ0) is 20.3. The largest absolute Gasteiger partial charge is 0.355 e. The minimum absolute atomic E-state index is 0. The van der Waals surface area contributed by atoms with Crippen LogP contribution in [0.1, 0.15) is 33.3 Å². The second kappa shape index (κ2) is 14.1. The summed E-state index contributed by atoms with van der Waals surface area (Å²) in [5.41, 5.74) is 0.936. The molecule has 0 bridgehead atoms. The zero-order valence-corrected chi connectivity index (χ0v) is 20.8. The Morgan fingerprint density at radius 2 is 1.61 bits per heavy atom. The number of nitrogens with zero attached hydrogens (tertiary/aromatic N) is 2. The van der Waals surface area contributed by atoms with E-state index in [9.17, 15) is 8.42 Å². The van der Waals surface area contributed by atoms with Crippen molar-refractivity contribution in [1.29, 1.82) is 0 Å². The predicted octanol–water partition coefficient (Wildman–Crippen LogP) is 2.01. The molecule has 1 rings (SSSR count). The highest BCUT2D eigenvalue weighted by molar-refractivity contribution is 14.0. The zero-order valence-electron chi connectivity index (χ0n) is 17.6. The summed E-state index contributed by atoms with van der Waals surface area (Å²) >= 11 is 0. The van der Waals surface area contributed by atoms with Crippen LogP contribution in [-0.4, -0.2) is 63.8 Å². The third-order valence-corrected chi connectivity index (χ3v) is 5.54. The van der Waals surface area contributed by atoms with E-state index in [1.54, 1.807) is 7.05 Å². The number of rotatable bonds is 11. The van der Waals surface area contributed by atoms with Crippen molar-refractivity contribution in [3.8, 4) is 0 Å². The molecular formula is C19H36IN5O2S. The summed E-state index contributed by atoms with van der Waals surface area (Å²) in [5.74, 6) is 0.603. The van der Waals surface area contributed by atoms with Gasteiger partial charge in [-0.05, 0) is 33.3 Å². The Hall–Kier alpha value is -0.910. The Labute approximate surface area is 187 Å². The molecule has 28 heavy (non-hydrogen) atoms. The standard InChI is InChI=1S/C19H35N5O2S.HI/c1-16(2)24(17(3)4)13-11-21-19(20-5)22-12-14-27(25,26)23-15-18-9-7-6-8-10-18;/h6-10,16-17,23H,11-15H2,1-5H3,(H2,20,21,22);1H. The molecule has 0 unspecified atom stereocenters. The van der Waals surface area contributed by atoms with Gasteiger partial charge in [-0.25, -0.2) is 13.1 Å². The van der Waals surface area contributed by atoms with Crippen LogP contribution < -0.4 is 15.4 Å². The third-order valence-electron chi connectivity index (χ3n) is 4.21. The Bertz CT molecular complexity index is 658. The molecule has 0 radical (unpaired) electrons. The number of hydrogen-bond donors (Lipinski definition) is 3. The molecule has 0 aliphatic rings. The Morgan fingerprint density at radius 3 is 2.14 bits per heavy atom. The smallest absolute Gasteiger partial charge is 0.213 e. The van der Waals surface area contributed by atoms with Crippen LogP contribution >= 0.6 is 24.0 Å². The second-order valence-electron chi connectivity index (χ2n) is 6.98. The van der Waals surface area contributed by atoms with E-state index in [0.29, 0.717) is 31.1 Å². The first-order chi connectivity index (χ1) is 12.7. The summed E-state index contributed by atoms with van der Waals surface area (Å²) < 4.78 is 26.8. The van der Waals surface area contributed by atoms with Crippen molar-refractivity contribution in [2.75, 3.05) is 32.4 Å². The average molecular weight is 526 g/mol. The topological polar surface area (TPSA) is 85.8 Å². The molecule has 0 saturated heterocycles. The number of guanidine groups is 1. The monoisotopic (exact) mass is 525 g/mol. The molecule has 0 fully saturated rings. The lowest BCUT2D eigenvalue weighted by molar-refractivity contribution is 0.178. The van der Waals surface area contributed by atoms with E-state index in [1.165, 1.54) is 0 Å². The highest BCUT2D eigenvalue weighted by Gasteiger charge is 2.13. The molecule has 1 aromatic carbocycles. The third kappa shape index (κ3) is 11.2. The van der Waals surface area contributed by atoms with Gasteiger partial charge in [0.2, 0.25) is 10.0 Å².